The van der Waals surface area contributed by atoms with Crippen LogP contribution in [-0.2, 0) is 24.9 Å². The first kappa shape index (κ1) is 15.0. The summed E-state index contributed by atoms with van der Waals surface area (Å²) in [5, 5.41) is 10.2. The topological polar surface area (TPSA) is 51.0 Å². The van der Waals surface area contributed by atoms with Gasteiger partial charge in [-0.15, -0.1) is 10.2 Å². The minimum Gasteiger partial charge on any atom is -0.424 e. The number of aryl methyl sites for hydroxylation is 2. The summed E-state index contributed by atoms with van der Waals surface area (Å²) in [6.45, 7) is 1.73. The zero-order valence-corrected chi connectivity index (χ0v) is 12.1. The van der Waals surface area contributed by atoms with E-state index in [2.05, 4.69) is 15.5 Å². The molecule has 0 amide bonds. The van der Waals surface area contributed by atoms with Crippen molar-refractivity contribution in [3.8, 4) is 0 Å². The van der Waals surface area contributed by atoms with Gasteiger partial charge in [0.2, 0.25) is 11.8 Å². The van der Waals surface area contributed by atoms with Gasteiger partial charge in [-0.3, -0.25) is 5.32 Å². The summed E-state index contributed by atoms with van der Waals surface area (Å²) in [5.74, 6) is 0.592. The van der Waals surface area contributed by atoms with Crippen LogP contribution in [0.3, 0.4) is 0 Å². The average Bonchev–Trinajstić information content (AvgIpc) is 3.09. The van der Waals surface area contributed by atoms with Gasteiger partial charge in [0.05, 0.1) is 6.54 Å². The Bertz CT molecular complexity index is 668. The number of nitrogens with one attached hydrogen (secondary N) is 1. The van der Waals surface area contributed by atoms with Gasteiger partial charge in [-0.25, -0.2) is 0 Å². The van der Waals surface area contributed by atoms with E-state index in [4.69, 9.17) is 4.42 Å². The number of fused-ring (bicyclic) bond motifs is 1. The molecule has 118 valence electrons. The van der Waals surface area contributed by atoms with Crippen LogP contribution in [0.1, 0.15) is 36.3 Å². The Morgan fingerprint density at radius 2 is 1.95 bits per heavy atom. The van der Waals surface area contributed by atoms with Crippen LogP contribution in [0.4, 0.5) is 13.2 Å². The second kappa shape index (κ2) is 5.39. The Balaban J connectivity index is 1.89. The Hall–Kier alpha value is -1.89. The van der Waals surface area contributed by atoms with Crippen LogP contribution < -0.4 is 5.32 Å². The van der Waals surface area contributed by atoms with Crippen molar-refractivity contribution in [1.29, 1.82) is 0 Å². The summed E-state index contributed by atoms with van der Waals surface area (Å²) in [5.41, 5.74) is -1.03. The van der Waals surface area contributed by atoms with Gasteiger partial charge < -0.3 is 4.42 Å². The standard InChI is InChI=1S/C15H16F3N3O/c1-2-12-20-21-13(22-12)9-19-14(15(16,17)18)8-7-10-5-3-4-6-11(10)14/h3-6,19H,2,7-9H2,1H3. The molecule has 0 spiro atoms. The summed E-state index contributed by atoms with van der Waals surface area (Å²) in [4.78, 5) is 0. The summed E-state index contributed by atoms with van der Waals surface area (Å²) >= 11 is 0. The molecule has 0 fully saturated rings. The van der Waals surface area contributed by atoms with Crippen molar-refractivity contribution in [3.05, 3.63) is 47.2 Å². The predicted molar refractivity (Wildman–Crippen MR) is 73.0 cm³/mol. The van der Waals surface area contributed by atoms with Crippen LogP contribution in [-0.4, -0.2) is 16.4 Å². The highest BCUT2D eigenvalue weighted by Crippen LogP contribution is 2.48. The molecule has 1 aromatic carbocycles. The first-order chi connectivity index (χ1) is 10.5. The first-order valence-electron chi connectivity index (χ1n) is 7.17. The first-order valence-corrected chi connectivity index (χ1v) is 7.17. The molecular formula is C15H16F3N3O. The molecule has 1 atom stereocenters. The van der Waals surface area contributed by atoms with Crippen molar-refractivity contribution in [2.45, 2.75) is 44.4 Å². The average molecular weight is 311 g/mol. The Kier molecular flexibility index (Phi) is 3.68. The fourth-order valence-corrected chi connectivity index (χ4v) is 2.92. The molecule has 0 bridgehead atoms. The molecule has 0 saturated carbocycles. The molecule has 1 heterocycles. The maximum atomic E-state index is 13.7. The molecule has 0 radical (unpaired) electrons. The number of aromatic nitrogens is 2. The van der Waals surface area contributed by atoms with Crippen molar-refractivity contribution in [2.24, 2.45) is 0 Å². The number of hydrogen-bond donors (Lipinski definition) is 1. The highest BCUT2D eigenvalue weighted by atomic mass is 19.4. The van der Waals surface area contributed by atoms with E-state index >= 15 is 0 Å². The molecule has 4 nitrogen and oxygen atoms in total. The second-order valence-electron chi connectivity index (χ2n) is 5.36. The fourth-order valence-electron chi connectivity index (χ4n) is 2.92. The Morgan fingerprint density at radius 3 is 2.64 bits per heavy atom. The number of alkyl halides is 3. The van der Waals surface area contributed by atoms with Crippen molar-refractivity contribution in [2.75, 3.05) is 0 Å². The van der Waals surface area contributed by atoms with E-state index in [0.717, 1.165) is 5.56 Å². The van der Waals surface area contributed by atoms with E-state index in [9.17, 15) is 13.2 Å². The summed E-state index contributed by atoms with van der Waals surface area (Å²) in [6, 6.07) is 6.67. The van der Waals surface area contributed by atoms with E-state index in [1.807, 2.05) is 6.92 Å². The minimum atomic E-state index is -4.40. The van der Waals surface area contributed by atoms with E-state index < -0.39 is 11.7 Å². The third-order valence-corrected chi connectivity index (χ3v) is 4.08. The van der Waals surface area contributed by atoms with E-state index in [1.165, 1.54) is 6.07 Å². The number of benzene rings is 1. The molecule has 7 heteroatoms. The smallest absolute Gasteiger partial charge is 0.410 e. The van der Waals surface area contributed by atoms with Crippen molar-refractivity contribution in [1.82, 2.24) is 15.5 Å². The quantitative estimate of drug-likeness (QED) is 0.942. The monoisotopic (exact) mass is 311 g/mol. The molecule has 1 unspecified atom stereocenters. The third-order valence-electron chi connectivity index (χ3n) is 4.08. The zero-order chi connectivity index (χ0) is 15.8. The third kappa shape index (κ3) is 2.39. The molecular weight excluding hydrogens is 295 g/mol. The minimum absolute atomic E-state index is 0.0232. The van der Waals surface area contributed by atoms with Gasteiger partial charge in [-0.2, -0.15) is 13.2 Å². The number of hydrogen-bond acceptors (Lipinski definition) is 4. The Labute approximate surface area is 125 Å². The second-order valence-corrected chi connectivity index (χ2v) is 5.36. The molecule has 1 aliphatic rings. The van der Waals surface area contributed by atoms with Crippen LogP contribution in [0, 0.1) is 0 Å². The van der Waals surface area contributed by atoms with Gasteiger partial charge in [0.1, 0.15) is 5.54 Å². The lowest BCUT2D eigenvalue weighted by molar-refractivity contribution is -0.201. The van der Waals surface area contributed by atoms with Gasteiger partial charge in [-0.05, 0) is 24.0 Å². The Morgan fingerprint density at radius 1 is 1.23 bits per heavy atom. The highest BCUT2D eigenvalue weighted by Gasteiger charge is 2.58. The maximum absolute atomic E-state index is 13.7. The van der Waals surface area contributed by atoms with Crippen LogP contribution in [0.2, 0.25) is 0 Å². The molecule has 22 heavy (non-hydrogen) atoms. The van der Waals surface area contributed by atoms with E-state index in [-0.39, 0.29) is 24.4 Å². The zero-order valence-electron chi connectivity index (χ0n) is 12.1. The van der Waals surface area contributed by atoms with Crippen molar-refractivity contribution < 1.29 is 17.6 Å². The fraction of sp³-hybridized carbons (Fsp3) is 0.467. The molecule has 1 aromatic heterocycles. The van der Waals surface area contributed by atoms with Gasteiger partial charge in [0.15, 0.2) is 0 Å². The number of halogens is 3. The van der Waals surface area contributed by atoms with Crippen molar-refractivity contribution >= 4 is 0 Å². The lowest BCUT2D eigenvalue weighted by Gasteiger charge is -2.33. The number of nitrogens with zero attached hydrogens (tertiary/aromatic N) is 2. The molecule has 1 N–H and O–H groups in total. The van der Waals surface area contributed by atoms with Gasteiger partial charge in [0, 0.05) is 6.42 Å². The molecule has 0 saturated heterocycles. The molecule has 1 aliphatic carbocycles. The van der Waals surface area contributed by atoms with Crippen LogP contribution in [0.15, 0.2) is 28.7 Å². The molecule has 2 aromatic rings. The van der Waals surface area contributed by atoms with Gasteiger partial charge in [0.25, 0.3) is 0 Å². The van der Waals surface area contributed by atoms with Crippen LogP contribution >= 0.6 is 0 Å². The van der Waals surface area contributed by atoms with E-state index in [0.29, 0.717) is 18.7 Å². The summed E-state index contributed by atoms with van der Waals surface area (Å²) in [7, 11) is 0. The normalized spacial score (nSPS) is 21.1. The lowest BCUT2D eigenvalue weighted by Crippen LogP contribution is -2.52. The SMILES string of the molecule is CCc1nnc(CNC2(C(F)(F)F)CCc3ccccc32)o1. The van der Waals surface area contributed by atoms with Crippen molar-refractivity contribution in [3.63, 3.8) is 0 Å². The van der Waals surface area contributed by atoms with Crippen LogP contribution in [0.5, 0.6) is 0 Å². The maximum Gasteiger partial charge on any atom is 0.410 e. The van der Waals surface area contributed by atoms with E-state index in [1.54, 1.807) is 18.2 Å². The van der Waals surface area contributed by atoms with Gasteiger partial charge in [-0.1, -0.05) is 31.2 Å². The molecule has 0 aliphatic heterocycles. The number of rotatable bonds is 4. The summed E-state index contributed by atoms with van der Waals surface area (Å²) < 4.78 is 46.5. The van der Waals surface area contributed by atoms with Crippen LogP contribution in [0.25, 0.3) is 0 Å². The highest BCUT2D eigenvalue weighted by molar-refractivity contribution is 5.40. The van der Waals surface area contributed by atoms with Gasteiger partial charge >= 0.3 is 6.18 Å². The summed E-state index contributed by atoms with van der Waals surface area (Å²) in [6.07, 6.45) is -3.47. The largest absolute Gasteiger partial charge is 0.424 e. The lowest BCUT2D eigenvalue weighted by atomic mass is 9.91. The molecule has 3 rings (SSSR count). The predicted octanol–water partition coefficient (Wildman–Crippen LogP) is 3.13.